The molecule has 0 saturated heterocycles. The quantitative estimate of drug-likeness (QED) is 0.729. The minimum Gasteiger partial charge on any atom is -0.397 e. The summed E-state index contributed by atoms with van der Waals surface area (Å²) < 4.78 is 14.9. The number of pyridine rings is 1. The third-order valence-corrected chi connectivity index (χ3v) is 5.28. The standard InChI is InChI=1S/C23H16FN3O/c1-2-13-6-3-4-9-15(13)19-17(24)11-10-16-21(25)20-18(26-22(16)19)12-27(23(20)28)14-7-5-8-14/h2-11H,1,12H2,(H2,25,26). The first-order valence-electron chi connectivity index (χ1n) is 8.92. The van der Waals surface area contributed by atoms with Crippen LogP contribution < -0.4 is 5.73 Å². The van der Waals surface area contributed by atoms with Gasteiger partial charge in [0.25, 0.3) is 5.91 Å². The first-order valence-corrected chi connectivity index (χ1v) is 8.92. The number of amides is 1. The zero-order chi connectivity index (χ0) is 19.4. The molecule has 5 rings (SSSR count). The zero-order valence-electron chi connectivity index (χ0n) is 14.9. The number of hydrogen-bond donors (Lipinski definition) is 1. The van der Waals surface area contributed by atoms with Gasteiger partial charge in [-0.05, 0) is 35.4 Å². The molecule has 4 nitrogen and oxygen atoms in total. The summed E-state index contributed by atoms with van der Waals surface area (Å²) in [6.07, 6.45) is 7.29. The van der Waals surface area contributed by atoms with E-state index in [0.717, 1.165) is 11.3 Å². The Morgan fingerprint density at radius 3 is 2.68 bits per heavy atom. The topological polar surface area (TPSA) is 59.2 Å². The van der Waals surface area contributed by atoms with Gasteiger partial charge >= 0.3 is 0 Å². The highest BCUT2D eigenvalue weighted by atomic mass is 19.1. The van der Waals surface area contributed by atoms with Gasteiger partial charge in [-0.1, -0.05) is 43.0 Å². The summed E-state index contributed by atoms with van der Waals surface area (Å²) in [4.78, 5) is 19.2. The van der Waals surface area contributed by atoms with Crippen molar-refractivity contribution < 1.29 is 9.18 Å². The lowest BCUT2D eigenvalue weighted by Gasteiger charge is -2.19. The number of hydrogen-bond acceptors (Lipinski definition) is 3. The molecule has 0 bridgehead atoms. The molecular weight excluding hydrogens is 353 g/mol. The second-order valence-electron chi connectivity index (χ2n) is 6.80. The molecule has 0 spiro atoms. The van der Waals surface area contributed by atoms with Crippen molar-refractivity contribution in [2.24, 2.45) is 0 Å². The van der Waals surface area contributed by atoms with E-state index in [1.165, 1.54) is 6.07 Å². The molecule has 136 valence electrons. The number of nitrogen functional groups attached to an aromatic ring is 1. The van der Waals surface area contributed by atoms with E-state index in [2.05, 4.69) is 6.58 Å². The normalized spacial score (nSPS) is 14.8. The molecule has 1 aromatic heterocycles. The second-order valence-corrected chi connectivity index (χ2v) is 6.80. The van der Waals surface area contributed by atoms with Crippen LogP contribution in [0.3, 0.4) is 0 Å². The molecule has 0 fully saturated rings. The Morgan fingerprint density at radius 2 is 1.96 bits per heavy atom. The Bertz CT molecular complexity index is 1260. The molecule has 28 heavy (non-hydrogen) atoms. The average Bonchev–Trinajstić information content (AvgIpc) is 2.97. The number of fused-ring (bicyclic) bond motifs is 2. The van der Waals surface area contributed by atoms with Gasteiger partial charge in [-0.3, -0.25) is 4.79 Å². The van der Waals surface area contributed by atoms with Crippen molar-refractivity contribution in [3.05, 3.63) is 89.5 Å². The molecule has 0 saturated carbocycles. The van der Waals surface area contributed by atoms with Crippen molar-refractivity contribution in [2.75, 3.05) is 5.73 Å². The molecule has 0 unspecified atom stereocenters. The van der Waals surface area contributed by atoms with Gasteiger partial charge in [-0.15, -0.1) is 0 Å². The number of benzene rings is 2. The monoisotopic (exact) mass is 369 g/mol. The fourth-order valence-electron chi connectivity index (χ4n) is 3.82. The Labute approximate surface area is 161 Å². The Hall–Kier alpha value is -3.73. The van der Waals surface area contributed by atoms with Crippen molar-refractivity contribution in [3.8, 4) is 11.1 Å². The van der Waals surface area contributed by atoms with E-state index < -0.39 is 0 Å². The maximum atomic E-state index is 14.9. The highest BCUT2D eigenvalue weighted by Gasteiger charge is 2.34. The summed E-state index contributed by atoms with van der Waals surface area (Å²) >= 11 is 0. The number of rotatable bonds is 3. The number of nitrogens with zero attached hydrogens (tertiary/aromatic N) is 2. The van der Waals surface area contributed by atoms with Gasteiger partial charge in [-0.2, -0.15) is 0 Å². The number of nitrogens with two attached hydrogens (primary N) is 1. The lowest BCUT2D eigenvalue weighted by Crippen LogP contribution is -2.24. The first-order chi connectivity index (χ1) is 13.6. The minimum atomic E-state index is -0.389. The summed E-state index contributed by atoms with van der Waals surface area (Å²) in [5.41, 5.74) is 10.9. The van der Waals surface area contributed by atoms with E-state index in [1.54, 1.807) is 17.0 Å². The highest BCUT2D eigenvalue weighted by Crippen LogP contribution is 2.40. The molecule has 1 aliphatic heterocycles. The summed E-state index contributed by atoms with van der Waals surface area (Å²) in [5, 5.41) is 0.572. The molecule has 1 amide bonds. The van der Waals surface area contributed by atoms with Gasteiger partial charge in [-0.25, -0.2) is 9.37 Å². The Kier molecular flexibility index (Phi) is 3.46. The van der Waals surface area contributed by atoms with Gasteiger partial charge < -0.3 is 10.6 Å². The van der Waals surface area contributed by atoms with Crippen LogP contribution in [0.25, 0.3) is 28.1 Å². The van der Waals surface area contributed by atoms with Gasteiger partial charge in [0.2, 0.25) is 0 Å². The van der Waals surface area contributed by atoms with E-state index in [9.17, 15) is 9.18 Å². The van der Waals surface area contributed by atoms with Crippen LogP contribution in [0, 0.1) is 5.82 Å². The Balaban J connectivity index is 1.79. The molecule has 2 aromatic carbocycles. The predicted molar refractivity (Wildman–Crippen MR) is 109 cm³/mol. The molecule has 0 atom stereocenters. The van der Waals surface area contributed by atoms with Crippen LogP contribution in [-0.4, -0.2) is 15.8 Å². The fraction of sp³-hybridized carbons (Fsp3) is 0.0435. The van der Waals surface area contributed by atoms with E-state index in [4.69, 9.17) is 10.7 Å². The van der Waals surface area contributed by atoms with Crippen LogP contribution in [0.4, 0.5) is 10.1 Å². The fourth-order valence-corrected chi connectivity index (χ4v) is 3.82. The van der Waals surface area contributed by atoms with Gasteiger partial charge in [0.1, 0.15) is 5.82 Å². The van der Waals surface area contributed by atoms with E-state index in [0.29, 0.717) is 45.5 Å². The number of carbonyl (C=O) groups is 1. The average molecular weight is 369 g/mol. The molecule has 1 aliphatic carbocycles. The summed E-state index contributed by atoms with van der Waals surface area (Å²) in [5.74, 6) is -0.561. The second kappa shape index (κ2) is 5.89. The van der Waals surface area contributed by atoms with Crippen LogP contribution >= 0.6 is 0 Å². The number of allylic oxidation sites excluding steroid dienone is 3. The third-order valence-electron chi connectivity index (χ3n) is 5.28. The number of carbonyl (C=O) groups excluding carboxylic acids is 1. The van der Waals surface area contributed by atoms with Crippen LogP contribution in [0.15, 0.2) is 66.9 Å². The van der Waals surface area contributed by atoms with Crippen LogP contribution in [0.1, 0.15) is 21.6 Å². The molecule has 5 heteroatoms. The summed E-state index contributed by atoms with van der Waals surface area (Å²) in [7, 11) is 0. The smallest absolute Gasteiger partial charge is 0.262 e. The lowest BCUT2D eigenvalue weighted by atomic mass is 9.95. The van der Waals surface area contributed by atoms with Crippen molar-refractivity contribution in [1.82, 2.24) is 9.88 Å². The zero-order valence-corrected chi connectivity index (χ0v) is 14.9. The van der Waals surface area contributed by atoms with E-state index >= 15 is 0 Å². The maximum absolute atomic E-state index is 14.9. The predicted octanol–water partition coefficient (Wildman–Crippen LogP) is 4.68. The van der Waals surface area contributed by atoms with Crippen molar-refractivity contribution in [1.29, 1.82) is 0 Å². The van der Waals surface area contributed by atoms with E-state index in [-0.39, 0.29) is 11.7 Å². The highest BCUT2D eigenvalue weighted by molar-refractivity contribution is 6.12. The summed E-state index contributed by atoms with van der Waals surface area (Å²) in [6, 6.07) is 10.4. The minimum absolute atomic E-state index is 0.171. The molecule has 3 aromatic rings. The molecule has 0 radical (unpaired) electrons. The van der Waals surface area contributed by atoms with Crippen LogP contribution in [0.5, 0.6) is 0 Å². The summed E-state index contributed by atoms with van der Waals surface area (Å²) in [6.45, 7) is 4.15. The van der Waals surface area contributed by atoms with Gasteiger partial charge in [0.05, 0.1) is 29.0 Å². The number of aromatic nitrogens is 1. The van der Waals surface area contributed by atoms with Crippen molar-refractivity contribution >= 4 is 28.6 Å². The van der Waals surface area contributed by atoms with Crippen molar-refractivity contribution in [3.63, 3.8) is 0 Å². The van der Waals surface area contributed by atoms with Crippen LogP contribution in [0.2, 0.25) is 0 Å². The lowest BCUT2D eigenvalue weighted by molar-refractivity contribution is 0.0831. The number of anilines is 1. The largest absolute Gasteiger partial charge is 0.397 e. The molecule has 2 N–H and O–H groups in total. The first kappa shape index (κ1) is 16.4. The third kappa shape index (κ3) is 2.16. The number of halogens is 1. The van der Waals surface area contributed by atoms with E-state index in [1.807, 2.05) is 42.5 Å². The van der Waals surface area contributed by atoms with Crippen LogP contribution in [-0.2, 0) is 6.54 Å². The molecule has 2 aliphatic rings. The van der Waals surface area contributed by atoms with Gasteiger partial charge in [0, 0.05) is 16.6 Å². The molecule has 2 heterocycles. The van der Waals surface area contributed by atoms with Crippen molar-refractivity contribution in [2.45, 2.75) is 6.54 Å². The maximum Gasteiger partial charge on any atom is 0.262 e. The van der Waals surface area contributed by atoms with Gasteiger partial charge in [0.15, 0.2) is 0 Å². The SMILES string of the molecule is C=Cc1ccccc1-c1c(F)ccc2c(N)c3c(nc12)CN(C1=CC=C1)C3=O. The molecular formula is C23H16FN3O. The Morgan fingerprint density at radius 1 is 1.18 bits per heavy atom.